The van der Waals surface area contributed by atoms with Crippen molar-refractivity contribution in [3.05, 3.63) is 339 Å². The molecule has 0 amide bonds. The van der Waals surface area contributed by atoms with Crippen molar-refractivity contribution in [1.82, 2.24) is 0 Å². The summed E-state index contributed by atoms with van der Waals surface area (Å²) in [6, 6.07) is 88.8. The molecule has 6 unspecified atom stereocenters. The molecule has 11 aromatic carbocycles. The Balaban J connectivity index is 0.000000170. The Morgan fingerprint density at radius 1 is 0.274 bits per heavy atom. The second kappa shape index (κ2) is 42.5. The van der Waals surface area contributed by atoms with Crippen molar-refractivity contribution in [2.45, 2.75) is 176 Å². The zero-order chi connectivity index (χ0) is 83.5. The topological polar surface area (TPSA) is 191 Å². The number of hydrogen-bond acceptors (Lipinski definition) is 15. The molecule has 6 aliphatic rings. The second-order valence-electron chi connectivity index (χ2n) is 31.0. The van der Waals surface area contributed by atoms with Crippen LogP contribution in [0.4, 0.5) is 0 Å². The Bertz CT molecular complexity index is 4490. The van der Waals surface area contributed by atoms with Gasteiger partial charge >= 0.3 is 0 Å². The number of phenolic OH excluding ortho intramolecular Hbond substituents is 3. The fraction of sp³-hybridized carbons (Fsp3) is 0.353. The van der Waals surface area contributed by atoms with Gasteiger partial charge in [0.2, 0.25) is 18.9 Å². The van der Waals surface area contributed by atoms with E-state index in [0.717, 1.165) is 113 Å². The molecule has 15 nitrogen and oxygen atoms in total. The number of benzene rings is 11. The highest BCUT2D eigenvalue weighted by atomic mass is 16.8. The van der Waals surface area contributed by atoms with Gasteiger partial charge in [0, 0.05) is 21.7 Å². The maximum absolute atomic E-state index is 9.80. The molecule has 11 aromatic rings. The number of hydrogen-bond donors (Lipinski definition) is 3. The molecule has 6 heterocycles. The smallest absolute Gasteiger partial charge is 0.223 e. The maximum Gasteiger partial charge on any atom is 0.223 e. The zero-order valence-electron chi connectivity index (χ0n) is 70.9. The van der Waals surface area contributed by atoms with Gasteiger partial charge < -0.3 is 72.2 Å². The van der Waals surface area contributed by atoms with Gasteiger partial charge in [-0.2, -0.15) is 0 Å². The SMILES string of the molecule is CC.CC(C)(c1ccc(O)cc1)c1ccc(C(C)(c2ccc(O)cc2)c2ccc(O)cc2)cc1.CC(C)(c1ccc(OCC2CO2)cc1)c1ccc(C(C)(c2ccc(OCC3CO3)cc2)c2ccc(OCC3CO3)cc2)cc1.CCC.CCC.Cc1ccccc1OC1CO1.Cc1ccccc1OC1CO1.Cc1ccccc1OC1CO1. The quantitative estimate of drug-likeness (QED) is 0.0361. The largest absolute Gasteiger partial charge is 0.508 e. The zero-order valence-corrected chi connectivity index (χ0v) is 70.9. The van der Waals surface area contributed by atoms with Crippen molar-refractivity contribution in [3.63, 3.8) is 0 Å². The lowest BCUT2D eigenvalue weighted by Gasteiger charge is -2.33. The first-order valence-electron chi connectivity index (χ1n) is 41.2. The number of para-hydroxylation sites is 3. The van der Waals surface area contributed by atoms with E-state index < -0.39 is 10.8 Å². The summed E-state index contributed by atoms with van der Waals surface area (Å²) in [7, 11) is 0. The van der Waals surface area contributed by atoms with Gasteiger partial charge in [-0.3, -0.25) is 0 Å². The molecule has 0 radical (unpaired) electrons. The van der Waals surface area contributed by atoms with Crippen LogP contribution in [0.3, 0.4) is 0 Å². The van der Waals surface area contributed by atoms with Crippen molar-refractivity contribution >= 4 is 0 Å². The Morgan fingerprint density at radius 2 is 0.453 bits per heavy atom. The average molecular weight is 1590 g/mol. The lowest BCUT2D eigenvalue weighted by atomic mass is 9.70. The van der Waals surface area contributed by atoms with E-state index in [-0.39, 0.29) is 65.3 Å². The molecule has 117 heavy (non-hydrogen) atoms. The number of aromatic hydroxyl groups is 3. The summed E-state index contributed by atoms with van der Waals surface area (Å²) >= 11 is 0. The van der Waals surface area contributed by atoms with Crippen LogP contribution >= 0.6 is 0 Å². The number of phenols is 3. The summed E-state index contributed by atoms with van der Waals surface area (Å²) in [5.41, 5.74) is 13.8. The van der Waals surface area contributed by atoms with Gasteiger partial charge in [0.15, 0.2) is 0 Å². The Hall–Kier alpha value is -10.6. The van der Waals surface area contributed by atoms with Gasteiger partial charge in [0.05, 0.1) is 19.8 Å². The highest BCUT2D eigenvalue weighted by Crippen LogP contribution is 2.45. The Labute approximate surface area is 694 Å². The predicted octanol–water partition coefficient (Wildman–Crippen LogP) is 22.2. The standard InChI is InChI=1S/C38H40O6.C29H28O3.3C9H10O2.2C3H8.C2H6/c1-37(2,27-8-14-31(15-9-27)39-20-34-23-42-34)26-4-6-28(7-5-26)38(3,29-10-16-32(17-11-29)40-21-35-24-43-35)30-12-18-33(19-13-30)41-22-36-25-44-36;1-28(2,21-8-14-25(30)15-9-21)20-4-6-22(7-5-20)29(3,23-10-16-26(31)17-11-23)24-12-18-27(32)19-13-24;3*1-7-4-2-3-5-8(7)11-9-6-10-9;2*1-3-2;1-2/h4-19,34-36H,20-25H2,1-3H3;4-19,30-32H,1-3H3;3*2-5,9H,6H2,1H3;2*3H2,1-2H3;1-2H3. The summed E-state index contributed by atoms with van der Waals surface area (Å²) in [5, 5.41) is 29.2. The third-order valence-electron chi connectivity index (χ3n) is 20.8. The Kier molecular flexibility index (Phi) is 32.2. The summed E-state index contributed by atoms with van der Waals surface area (Å²) in [4.78, 5) is 0. The molecule has 6 saturated heterocycles. The molecule has 17 rings (SSSR count). The molecule has 0 aliphatic carbocycles. The number of aryl methyl sites for hydroxylation is 3. The summed E-state index contributed by atoms with van der Waals surface area (Å²) in [5.74, 6) is 6.08. The Morgan fingerprint density at radius 3 is 0.658 bits per heavy atom. The van der Waals surface area contributed by atoms with Crippen LogP contribution in [0.2, 0.25) is 0 Å². The van der Waals surface area contributed by atoms with Crippen LogP contribution in [-0.2, 0) is 50.1 Å². The maximum atomic E-state index is 9.80. The molecule has 0 bridgehead atoms. The first kappa shape index (κ1) is 88.7. The van der Waals surface area contributed by atoms with Crippen LogP contribution < -0.4 is 28.4 Å². The monoisotopic (exact) mass is 1580 g/mol. The van der Waals surface area contributed by atoms with E-state index in [0.29, 0.717) is 19.8 Å². The van der Waals surface area contributed by atoms with E-state index in [2.05, 4.69) is 191 Å². The number of epoxide rings is 6. The lowest BCUT2D eigenvalue weighted by Crippen LogP contribution is -2.26. The van der Waals surface area contributed by atoms with Crippen LogP contribution in [0, 0.1) is 20.8 Å². The molecule has 6 fully saturated rings. The normalized spacial score (nSPS) is 17.8. The van der Waals surface area contributed by atoms with E-state index in [1.807, 2.05) is 144 Å². The summed E-state index contributed by atoms with van der Waals surface area (Å²) < 4.78 is 64.7. The lowest BCUT2D eigenvalue weighted by molar-refractivity contribution is 0.178. The van der Waals surface area contributed by atoms with Crippen LogP contribution in [0.5, 0.6) is 51.7 Å². The predicted molar refractivity (Wildman–Crippen MR) is 466 cm³/mol. The average Bonchev–Trinajstić information content (AvgIpc) is 1.68. The minimum absolute atomic E-state index is 0.0103. The first-order chi connectivity index (χ1) is 56.5. The molecule has 6 aliphatic heterocycles. The first-order valence-corrected chi connectivity index (χ1v) is 41.2. The third-order valence-corrected chi connectivity index (χ3v) is 20.8. The molecule has 618 valence electrons. The van der Waals surface area contributed by atoms with E-state index in [9.17, 15) is 15.3 Å². The molecule has 15 heteroatoms. The van der Waals surface area contributed by atoms with E-state index in [4.69, 9.17) is 56.8 Å². The van der Waals surface area contributed by atoms with Gasteiger partial charge in [0.25, 0.3) is 0 Å². The van der Waals surface area contributed by atoms with Gasteiger partial charge in [-0.25, -0.2) is 0 Å². The summed E-state index contributed by atoms with van der Waals surface area (Å²) in [6.07, 6.45) is 3.23. The van der Waals surface area contributed by atoms with Gasteiger partial charge in [0.1, 0.15) is 110 Å². The molecule has 0 saturated carbocycles. The molecule has 0 spiro atoms. The van der Waals surface area contributed by atoms with Crippen molar-refractivity contribution in [2.75, 3.05) is 59.5 Å². The van der Waals surface area contributed by atoms with Crippen molar-refractivity contribution in [2.24, 2.45) is 0 Å². The number of ether oxygens (including phenoxy) is 12. The third kappa shape index (κ3) is 26.2. The van der Waals surface area contributed by atoms with Crippen LogP contribution in [0.1, 0.15) is 168 Å². The van der Waals surface area contributed by atoms with Crippen LogP contribution in [-0.4, -0.2) is 112 Å². The van der Waals surface area contributed by atoms with Crippen LogP contribution in [0.25, 0.3) is 0 Å². The second-order valence-corrected chi connectivity index (χ2v) is 31.0. The fourth-order valence-electron chi connectivity index (χ4n) is 12.9. The van der Waals surface area contributed by atoms with E-state index >= 15 is 0 Å². The van der Waals surface area contributed by atoms with E-state index in [1.165, 1.54) is 46.2 Å². The molecule has 0 aromatic heterocycles. The summed E-state index contributed by atoms with van der Waals surface area (Å²) in [6.45, 7) is 38.3. The minimum atomic E-state index is -0.470. The van der Waals surface area contributed by atoms with E-state index in [1.54, 1.807) is 36.4 Å². The highest BCUT2D eigenvalue weighted by molar-refractivity contribution is 5.55. The molecule has 6 atom stereocenters. The van der Waals surface area contributed by atoms with Gasteiger partial charge in [-0.05, 0) is 198 Å². The molecule has 3 N–H and O–H groups in total. The highest BCUT2D eigenvalue weighted by Gasteiger charge is 2.36. The number of rotatable bonds is 25. The fourth-order valence-corrected chi connectivity index (χ4v) is 12.9. The van der Waals surface area contributed by atoms with Crippen molar-refractivity contribution in [1.29, 1.82) is 0 Å². The van der Waals surface area contributed by atoms with Crippen molar-refractivity contribution in [3.8, 4) is 51.7 Å². The molecular formula is C102H120O15. The minimum Gasteiger partial charge on any atom is -0.508 e. The van der Waals surface area contributed by atoms with Crippen LogP contribution in [0.15, 0.2) is 267 Å². The van der Waals surface area contributed by atoms with Gasteiger partial charge in [-0.1, -0.05) is 258 Å². The molecular weight excluding hydrogens is 1470 g/mol. The van der Waals surface area contributed by atoms with Crippen molar-refractivity contribution < 1.29 is 72.2 Å². The van der Waals surface area contributed by atoms with Gasteiger partial charge in [-0.15, -0.1) is 0 Å².